The van der Waals surface area contributed by atoms with E-state index < -0.39 is 18.6 Å². The Kier molecular flexibility index (Phi) is 11.0. The first-order valence-corrected chi connectivity index (χ1v) is 30.5. The second-order valence-electron chi connectivity index (χ2n) is 25.9. The number of hydrogen-bond donors (Lipinski definition) is 0. The van der Waals surface area contributed by atoms with Crippen LogP contribution in [0.5, 0.6) is 11.5 Å². The average molecular weight is 1140 g/mol. The lowest BCUT2D eigenvalue weighted by Crippen LogP contribution is -2.34. The van der Waals surface area contributed by atoms with Crippen LogP contribution in [0, 0.1) is 6.85 Å². The number of rotatable bonds is 8. The highest BCUT2D eigenvalue weighted by Gasteiger charge is 2.50. The summed E-state index contributed by atoms with van der Waals surface area (Å²) in [6, 6.07) is 89.0. The van der Waals surface area contributed by atoms with Gasteiger partial charge in [-0.05, 0) is 157 Å². The molecule has 0 saturated carbocycles. The molecule has 1 aliphatic heterocycles. The smallest absolute Gasteiger partial charge is 0.137 e. The van der Waals surface area contributed by atoms with Crippen LogP contribution in [0.1, 0.15) is 98.5 Å². The highest BCUT2D eigenvalue weighted by atomic mass is 16.5. The molecule has 0 atom stereocenters. The molecule has 0 saturated heterocycles. The number of ether oxygens (including phenoxy) is 1. The summed E-state index contributed by atoms with van der Waals surface area (Å²) in [6.45, 7) is 12.1. The normalized spacial score (nSPS) is 15.4. The van der Waals surface area contributed by atoms with Gasteiger partial charge in [-0.1, -0.05) is 229 Å². The van der Waals surface area contributed by atoms with Gasteiger partial charge in [0.2, 0.25) is 0 Å². The molecule has 0 radical (unpaired) electrons. The molecule has 13 aromatic rings. The van der Waals surface area contributed by atoms with Gasteiger partial charge in [-0.15, -0.1) is 0 Å². The summed E-state index contributed by atoms with van der Waals surface area (Å²) in [7, 11) is 0. The molecule has 0 N–H and O–H groups in total. The van der Waals surface area contributed by atoms with Crippen LogP contribution in [0.25, 0.3) is 72.1 Å². The molecule has 2 aliphatic carbocycles. The second kappa shape index (κ2) is 20.2. The van der Waals surface area contributed by atoms with E-state index in [-0.39, 0.29) is 10.8 Å². The van der Waals surface area contributed by atoms with Crippen molar-refractivity contribution in [1.29, 1.82) is 0 Å². The van der Waals surface area contributed by atoms with Crippen LogP contribution in [0.3, 0.4) is 0 Å². The van der Waals surface area contributed by atoms with Crippen molar-refractivity contribution < 1.29 is 11.6 Å². The van der Waals surface area contributed by atoms with E-state index in [4.69, 9.17) is 13.8 Å². The van der Waals surface area contributed by atoms with Crippen LogP contribution in [0.4, 0.5) is 22.7 Å². The first kappa shape index (κ1) is 47.9. The number of hydrogen-bond acceptors (Lipinski definition) is 4. The number of fused-ring (bicyclic) bond motifs is 13. The Labute approximate surface area is 523 Å². The average Bonchev–Trinajstić information content (AvgIpc) is 1.58. The van der Waals surface area contributed by atoms with E-state index in [1.54, 1.807) is 18.2 Å². The Morgan fingerprint density at radius 2 is 1.06 bits per heavy atom. The van der Waals surface area contributed by atoms with Gasteiger partial charge in [-0.25, -0.2) is 4.98 Å². The maximum atomic E-state index is 9.67. The molecule has 0 amide bonds. The Morgan fingerprint density at radius 1 is 0.443 bits per heavy atom. The first-order chi connectivity index (χ1) is 44.7. The van der Waals surface area contributed by atoms with E-state index in [0.29, 0.717) is 34.9 Å². The van der Waals surface area contributed by atoms with Gasteiger partial charge in [-0.2, -0.15) is 0 Å². The third kappa shape index (κ3) is 8.54. The number of aromatic nitrogens is 2. The Bertz CT molecular complexity index is 5100. The van der Waals surface area contributed by atoms with Gasteiger partial charge in [-0.3, -0.25) is 4.57 Å². The second-order valence-corrected chi connectivity index (χ2v) is 25.9. The number of anilines is 4. The first-order valence-electron chi connectivity index (χ1n) is 33.0. The van der Waals surface area contributed by atoms with Crippen LogP contribution in [0.15, 0.2) is 261 Å². The van der Waals surface area contributed by atoms with Crippen molar-refractivity contribution in [3.63, 3.8) is 0 Å². The fourth-order valence-corrected chi connectivity index (χ4v) is 14.2. The molecular weight excluding hydrogens is 1070 g/mol. The summed E-state index contributed by atoms with van der Waals surface area (Å²) < 4.78 is 52.4. The SMILES string of the molecule is [2H]C([2H])([2H])c1cccc(-c2ccc(-n3c4ccccc4c4ccc(Oc5cccc(N6CN(c7c(-c8cc(C(C)(C)C)cc(C(C)(C)C)c8)cccc7-c7ccc8c(c7)-c7ccccc7C87c8ccccc8C([2H])([2H])c8ccccc87)c7ccccc76)c5)cc43)nc2)c1. The number of aryl methyl sites for hydroxylation is 1. The maximum absolute atomic E-state index is 9.67. The zero-order valence-corrected chi connectivity index (χ0v) is 50.2. The molecule has 0 bridgehead atoms. The summed E-state index contributed by atoms with van der Waals surface area (Å²) in [5.74, 6) is 2.10. The van der Waals surface area contributed by atoms with E-state index in [1.165, 1.54) is 11.1 Å². The van der Waals surface area contributed by atoms with Gasteiger partial charge in [0.05, 0.1) is 33.5 Å². The fourth-order valence-electron chi connectivity index (χ4n) is 14.2. The topological polar surface area (TPSA) is 33.5 Å². The molecule has 5 heteroatoms. The van der Waals surface area contributed by atoms with Crippen molar-refractivity contribution in [2.75, 3.05) is 16.5 Å². The molecule has 1 spiro atoms. The van der Waals surface area contributed by atoms with Gasteiger partial charge in [0.1, 0.15) is 24.0 Å². The minimum atomic E-state index is -2.21. The van der Waals surface area contributed by atoms with Crippen LogP contribution in [-0.4, -0.2) is 16.2 Å². The van der Waals surface area contributed by atoms with Crippen molar-refractivity contribution in [3.8, 4) is 61.8 Å². The van der Waals surface area contributed by atoms with Crippen molar-refractivity contribution in [3.05, 3.63) is 311 Å². The Hall–Kier alpha value is -10.2. The molecular formula is C83H68N4O. The molecule has 16 rings (SSSR count). The van der Waals surface area contributed by atoms with Crippen LogP contribution in [0.2, 0.25) is 0 Å². The Morgan fingerprint density at radius 3 is 1.80 bits per heavy atom. The van der Waals surface area contributed by atoms with E-state index in [2.05, 4.69) is 232 Å². The molecule has 0 fully saturated rings. The van der Waals surface area contributed by atoms with Crippen molar-refractivity contribution in [2.24, 2.45) is 0 Å². The summed E-state index contributed by atoms with van der Waals surface area (Å²) in [6.07, 6.45) is 0.124. The molecule has 0 unspecified atom stereocenters. The largest absolute Gasteiger partial charge is 0.457 e. The molecule has 5 nitrogen and oxygen atoms in total. The minimum Gasteiger partial charge on any atom is -0.457 e. The van der Waals surface area contributed by atoms with Crippen molar-refractivity contribution in [1.82, 2.24) is 9.55 Å². The number of nitrogens with zero attached hydrogens (tertiary/aromatic N) is 4. The molecule has 11 aromatic carbocycles. The number of pyridine rings is 1. The van der Waals surface area contributed by atoms with Crippen LogP contribution >= 0.6 is 0 Å². The number of benzene rings is 11. The number of para-hydroxylation sites is 4. The lowest BCUT2D eigenvalue weighted by Gasteiger charge is -2.40. The predicted molar refractivity (Wildman–Crippen MR) is 366 cm³/mol. The molecule has 2 aromatic heterocycles. The van der Waals surface area contributed by atoms with Crippen molar-refractivity contribution >= 4 is 44.6 Å². The highest BCUT2D eigenvalue weighted by molar-refractivity contribution is 6.09. The lowest BCUT2D eigenvalue weighted by atomic mass is 9.61. The fraction of sp³-hybridized carbons (Fsp3) is 0.145. The highest BCUT2D eigenvalue weighted by Crippen LogP contribution is 2.60. The van der Waals surface area contributed by atoms with Gasteiger partial charge >= 0.3 is 0 Å². The summed E-state index contributed by atoms with van der Waals surface area (Å²) >= 11 is 0. The maximum Gasteiger partial charge on any atom is 0.137 e. The van der Waals surface area contributed by atoms with E-state index in [0.717, 1.165) is 117 Å². The third-order valence-electron chi connectivity index (χ3n) is 18.5. The Balaban J connectivity index is 0.810. The van der Waals surface area contributed by atoms with Gasteiger partial charge in [0.15, 0.2) is 0 Å². The zero-order chi connectivity index (χ0) is 63.9. The summed E-state index contributed by atoms with van der Waals surface area (Å²) in [5, 5.41) is 2.16. The predicted octanol–water partition coefficient (Wildman–Crippen LogP) is 21.4. The lowest BCUT2D eigenvalue weighted by molar-refractivity contribution is 0.483. The van der Waals surface area contributed by atoms with E-state index in [1.807, 2.05) is 66.9 Å². The van der Waals surface area contributed by atoms with Crippen molar-refractivity contribution in [2.45, 2.75) is 71.0 Å². The standard InChI is InChI=1S/C83H68N4O/c1-53-21-18-24-54(43-53)58-38-42-79(84-51-58)87-75-34-15-11-28-68(75)69-40-39-64(50-78(69)87)88-63-26-19-25-62(49-63)85-52-86(77-36-17-16-35-76(77)85)80-65(29-20-30-66(80)59-45-60(81(2,3)4)48-61(46-59)82(5,6)7)55-37-41-74-70(47-55)67-27-10-14-33-73(67)83(74)71-31-12-8-22-56(71)44-57-23-9-13-32-72(57)83/h8-43,45-51H,44,52H2,1-7H3/i1D3,44D2. The van der Waals surface area contributed by atoms with E-state index >= 15 is 0 Å². The molecule has 426 valence electrons. The zero-order valence-electron chi connectivity index (χ0n) is 55.2. The summed E-state index contributed by atoms with van der Waals surface area (Å²) in [5.41, 5.74) is 22.1. The van der Waals surface area contributed by atoms with Gasteiger partial charge in [0, 0.05) is 58.3 Å². The third-order valence-corrected chi connectivity index (χ3v) is 18.5. The molecule has 3 heterocycles. The van der Waals surface area contributed by atoms with Crippen LogP contribution in [-0.2, 0) is 22.6 Å². The van der Waals surface area contributed by atoms with Gasteiger partial charge < -0.3 is 14.5 Å². The minimum absolute atomic E-state index is 0.120. The monoisotopic (exact) mass is 1140 g/mol. The summed E-state index contributed by atoms with van der Waals surface area (Å²) in [4.78, 5) is 9.90. The molecule has 88 heavy (non-hydrogen) atoms. The van der Waals surface area contributed by atoms with Gasteiger partial charge in [0.25, 0.3) is 0 Å². The molecule has 3 aliphatic rings. The quantitative estimate of drug-likeness (QED) is 0.152. The van der Waals surface area contributed by atoms with Crippen LogP contribution < -0.4 is 14.5 Å². The van der Waals surface area contributed by atoms with E-state index in [9.17, 15) is 2.74 Å².